The topological polar surface area (TPSA) is 58.1 Å². The minimum Gasteiger partial charge on any atom is -0.345 e. The van der Waals surface area contributed by atoms with Crippen LogP contribution in [0.5, 0.6) is 0 Å². The van der Waals surface area contributed by atoms with Gasteiger partial charge in [0.15, 0.2) is 11.5 Å². The number of piperidine rings is 3. The zero-order valence-corrected chi connectivity index (χ0v) is 11.5. The minimum atomic E-state index is -4.96. The van der Waals surface area contributed by atoms with Crippen LogP contribution in [0.4, 0.5) is 17.6 Å². The third kappa shape index (κ3) is 2.90. The van der Waals surface area contributed by atoms with E-state index in [9.17, 15) is 22.4 Å². The lowest BCUT2D eigenvalue weighted by atomic mass is 9.84. The molecule has 3 saturated heterocycles. The fraction of sp³-hybridized carbons (Fsp3) is 0.615. The van der Waals surface area contributed by atoms with Crippen molar-refractivity contribution in [3.05, 3.63) is 23.5 Å². The van der Waals surface area contributed by atoms with E-state index in [1.807, 2.05) is 0 Å². The average Bonchev–Trinajstić information content (AvgIpc) is 2.47. The molecule has 1 unspecified atom stereocenters. The molecule has 1 aromatic heterocycles. The molecule has 5 nitrogen and oxygen atoms in total. The number of carbonyl (C=O) groups is 1. The summed E-state index contributed by atoms with van der Waals surface area (Å²) >= 11 is 0. The zero-order chi connectivity index (χ0) is 15.9. The van der Waals surface area contributed by atoms with E-state index >= 15 is 0 Å². The molecule has 1 amide bonds. The third-order valence-electron chi connectivity index (χ3n) is 4.19. The summed E-state index contributed by atoms with van der Waals surface area (Å²) in [6, 6.07) is -0.127. The number of nitrogens with zero attached hydrogens (tertiary/aromatic N) is 3. The SMILES string of the molecule is O=C(NC1CN2CCC1CC2)c1ncc(F)c(C(F)(F)F)n1. The summed E-state index contributed by atoms with van der Waals surface area (Å²) in [5.74, 6) is -2.74. The first-order chi connectivity index (χ1) is 10.3. The molecule has 0 aromatic carbocycles. The Balaban J connectivity index is 1.75. The summed E-state index contributed by atoms with van der Waals surface area (Å²) in [6.45, 7) is 2.62. The Morgan fingerprint density at radius 1 is 1.32 bits per heavy atom. The van der Waals surface area contributed by atoms with Crippen LogP contribution in [0.25, 0.3) is 0 Å². The maximum Gasteiger partial charge on any atom is 0.436 e. The maximum absolute atomic E-state index is 13.1. The van der Waals surface area contributed by atoms with Crippen LogP contribution in [0.3, 0.4) is 0 Å². The molecule has 4 heterocycles. The molecule has 3 aliphatic heterocycles. The van der Waals surface area contributed by atoms with E-state index in [-0.39, 0.29) is 6.04 Å². The predicted molar refractivity (Wildman–Crippen MR) is 67.4 cm³/mol. The number of carbonyl (C=O) groups excluding carboxylic acids is 1. The molecule has 1 aromatic rings. The van der Waals surface area contributed by atoms with Crippen molar-refractivity contribution in [2.45, 2.75) is 25.1 Å². The first-order valence-corrected chi connectivity index (χ1v) is 6.97. The molecule has 4 rings (SSSR count). The predicted octanol–water partition coefficient (Wildman–Crippen LogP) is 1.46. The first-order valence-electron chi connectivity index (χ1n) is 6.97. The van der Waals surface area contributed by atoms with Crippen LogP contribution in [0, 0.1) is 11.7 Å². The van der Waals surface area contributed by atoms with Gasteiger partial charge >= 0.3 is 6.18 Å². The fourth-order valence-electron chi connectivity index (χ4n) is 3.04. The molecule has 22 heavy (non-hydrogen) atoms. The van der Waals surface area contributed by atoms with Crippen molar-refractivity contribution in [1.82, 2.24) is 20.2 Å². The lowest BCUT2D eigenvalue weighted by Crippen LogP contribution is -2.57. The van der Waals surface area contributed by atoms with E-state index in [2.05, 4.69) is 20.2 Å². The van der Waals surface area contributed by atoms with Crippen molar-refractivity contribution >= 4 is 5.91 Å². The van der Waals surface area contributed by atoms with Crippen molar-refractivity contribution in [2.75, 3.05) is 19.6 Å². The second kappa shape index (κ2) is 5.45. The summed E-state index contributed by atoms with van der Waals surface area (Å²) in [4.78, 5) is 20.6. The lowest BCUT2D eigenvalue weighted by molar-refractivity contribution is -0.143. The minimum absolute atomic E-state index is 0.127. The van der Waals surface area contributed by atoms with Gasteiger partial charge in [0.25, 0.3) is 5.91 Å². The zero-order valence-electron chi connectivity index (χ0n) is 11.5. The Labute approximate surface area is 123 Å². The number of halogens is 4. The highest BCUT2D eigenvalue weighted by Gasteiger charge is 2.38. The number of nitrogens with one attached hydrogen (secondary N) is 1. The molecule has 9 heteroatoms. The Morgan fingerprint density at radius 3 is 2.55 bits per heavy atom. The molecule has 0 spiro atoms. The van der Waals surface area contributed by atoms with Crippen LogP contribution in [0.2, 0.25) is 0 Å². The van der Waals surface area contributed by atoms with E-state index in [4.69, 9.17) is 0 Å². The molecular weight excluding hydrogens is 304 g/mol. The number of rotatable bonds is 2. The number of alkyl halides is 3. The van der Waals surface area contributed by atoms with Crippen LogP contribution in [0.1, 0.15) is 29.2 Å². The van der Waals surface area contributed by atoms with Gasteiger partial charge in [0.1, 0.15) is 0 Å². The van der Waals surface area contributed by atoms with Crippen LogP contribution in [-0.4, -0.2) is 46.5 Å². The molecule has 0 radical (unpaired) electrons. The first kappa shape index (κ1) is 15.1. The Bertz CT molecular complexity index is 584. The van der Waals surface area contributed by atoms with Crippen molar-refractivity contribution in [3.8, 4) is 0 Å². The van der Waals surface area contributed by atoms with Gasteiger partial charge in [0.2, 0.25) is 5.82 Å². The average molecular weight is 318 g/mol. The van der Waals surface area contributed by atoms with Crippen molar-refractivity contribution in [2.24, 2.45) is 5.92 Å². The monoisotopic (exact) mass is 318 g/mol. The molecule has 3 fully saturated rings. The Kier molecular flexibility index (Phi) is 3.75. The molecule has 120 valence electrons. The van der Waals surface area contributed by atoms with Crippen LogP contribution in [0.15, 0.2) is 6.20 Å². The fourth-order valence-corrected chi connectivity index (χ4v) is 3.04. The molecule has 0 saturated carbocycles. The summed E-state index contributed by atoms with van der Waals surface area (Å²) < 4.78 is 50.9. The second-order valence-corrected chi connectivity index (χ2v) is 5.61. The normalized spacial score (nSPS) is 27.7. The number of amides is 1. The Hall–Kier alpha value is -1.77. The van der Waals surface area contributed by atoms with Crippen molar-refractivity contribution in [1.29, 1.82) is 0 Å². The van der Waals surface area contributed by atoms with Crippen LogP contribution in [-0.2, 0) is 6.18 Å². The summed E-state index contributed by atoms with van der Waals surface area (Å²) in [7, 11) is 0. The van der Waals surface area contributed by atoms with Gasteiger partial charge in [-0.3, -0.25) is 4.79 Å². The highest BCUT2D eigenvalue weighted by Crippen LogP contribution is 2.30. The molecule has 2 bridgehead atoms. The number of fused-ring (bicyclic) bond motifs is 3. The number of aromatic nitrogens is 2. The Morgan fingerprint density at radius 2 is 2.00 bits per heavy atom. The quantitative estimate of drug-likeness (QED) is 0.839. The van der Waals surface area contributed by atoms with Gasteiger partial charge in [-0.05, 0) is 31.8 Å². The van der Waals surface area contributed by atoms with E-state index in [0.29, 0.717) is 18.7 Å². The molecule has 0 aliphatic carbocycles. The van der Waals surface area contributed by atoms with Crippen LogP contribution < -0.4 is 5.32 Å². The highest BCUT2D eigenvalue weighted by molar-refractivity contribution is 5.90. The van der Waals surface area contributed by atoms with Gasteiger partial charge in [0.05, 0.1) is 6.20 Å². The van der Waals surface area contributed by atoms with Gasteiger partial charge in [-0.15, -0.1) is 0 Å². The van der Waals surface area contributed by atoms with E-state index < -0.39 is 29.4 Å². The standard InChI is InChI=1S/C13H14F4N4O/c14-8-5-18-11(20-10(8)13(15,16)17)12(22)19-9-6-21-3-1-7(9)2-4-21/h5,7,9H,1-4,6H2,(H,19,22). The van der Waals surface area contributed by atoms with Gasteiger partial charge in [-0.25, -0.2) is 14.4 Å². The van der Waals surface area contributed by atoms with E-state index in [1.54, 1.807) is 0 Å². The van der Waals surface area contributed by atoms with Crippen molar-refractivity contribution in [3.63, 3.8) is 0 Å². The molecule has 1 N–H and O–H groups in total. The summed E-state index contributed by atoms with van der Waals surface area (Å²) in [5.41, 5.74) is -1.72. The maximum atomic E-state index is 13.1. The van der Waals surface area contributed by atoms with Crippen LogP contribution >= 0.6 is 0 Å². The van der Waals surface area contributed by atoms with Gasteiger partial charge in [0, 0.05) is 12.6 Å². The van der Waals surface area contributed by atoms with Gasteiger partial charge in [-0.1, -0.05) is 0 Å². The summed E-state index contributed by atoms with van der Waals surface area (Å²) in [5, 5.41) is 2.67. The second-order valence-electron chi connectivity index (χ2n) is 5.61. The number of hydrogen-bond donors (Lipinski definition) is 1. The highest BCUT2D eigenvalue weighted by atomic mass is 19.4. The number of hydrogen-bond acceptors (Lipinski definition) is 4. The van der Waals surface area contributed by atoms with Crippen molar-refractivity contribution < 1.29 is 22.4 Å². The van der Waals surface area contributed by atoms with Gasteiger partial charge < -0.3 is 10.2 Å². The molecule has 3 aliphatic rings. The third-order valence-corrected chi connectivity index (χ3v) is 4.19. The summed E-state index contributed by atoms with van der Waals surface area (Å²) in [6.07, 6.45) is -2.69. The smallest absolute Gasteiger partial charge is 0.345 e. The largest absolute Gasteiger partial charge is 0.436 e. The van der Waals surface area contributed by atoms with E-state index in [1.165, 1.54) is 0 Å². The molecule has 1 atom stereocenters. The molecular formula is C13H14F4N4O. The van der Waals surface area contributed by atoms with Gasteiger partial charge in [-0.2, -0.15) is 13.2 Å². The lowest BCUT2D eigenvalue weighted by Gasteiger charge is -2.44. The van der Waals surface area contributed by atoms with E-state index in [0.717, 1.165) is 25.9 Å².